The summed E-state index contributed by atoms with van der Waals surface area (Å²) in [6.45, 7) is 11.0. The topological polar surface area (TPSA) is 45.5 Å². The fourth-order valence-electron chi connectivity index (χ4n) is 2.73. The third-order valence-corrected chi connectivity index (χ3v) is 5.14. The minimum atomic E-state index is -0.375. The minimum absolute atomic E-state index is 0.345. The molecule has 0 amide bonds. The molecule has 0 saturated carbocycles. The van der Waals surface area contributed by atoms with Crippen LogP contribution in [0.4, 0.5) is 0 Å². The lowest BCUT2D eigenvalue weighted by molar-refractivity contribution is 0.00578. The normalized spacial score (nSPS) is 18.8. The lowest BCUT2D eigenvalue weighted by Gasteiger charge is -2.32. The second kappa shape index (κ2) is 5.94. The Morgan fingerprint density at radius 1 is 1.08 bits per heavy atom. The Kier molecular flexibility index (Phi) is 4.22. The predicted octanol–water partition coefficient (Wildman–Crippen LogP) is 2.55. The molecule has 1 aromatic carbocycles. The summed E-state index contributed by atoms with van der Waals surface area (Å²) in [5.41, 5.74) is 2.53. The van der Waals surface area contributed by atoms with E-state index in [2.05, 4.69) is 51.9 Å². The molecule has 1 aromatic heterocycles. The van der Waals surface area contributed by atoms with Gasteiger partial charge in [-0.25, -0.2) is 0 Å². The highest BCUT2D eigenvalue weighted by molar-refractivity contribution is 6.62. The Bertz CT molecular complexity index is 706. The largest absolute Gasteiger partial charge is 0.498 e. The number of aromatic nitrogens is 2. The molecule has 1 aliphatic heterocycles. The number of hydrogen-bond donors (Lipinski definition) is 0. The van der Waals surface area contributed by atoms with Crippen molar-refractivity contribution in [3.63, 3.8) is 0 Å². The molecule has 1 saturated heterocycles. The third-order valence-electron chi connectivity index (χ3n) is 5.14. The molecule has 128 valence electrons. The first-order valence-corrected chi connectivity index (χ1v) is 8.24. The zero-order valence-electron chi connectivity index (χ0n) is 15.3. The first kappa shape index (κ1) is 17.1. The van der Waals surface area contributed by atoms with Gasteiger partial charge in [0.15, 0.2) is 0 Å². The predicted molar refractivity (Wildman–Crippen MR) is 94.8 cm³/mol. The van der Waals surface area contributed by atoms with Gasteiger partial charge in [-0.2, -0.15) is 5.10 Å². The standard InChI is InChI=1S/C18H25BN2O3/c1-13-16(19-23-17(2,3)18(4,5)24-19)11-20-21(13)12-14-7-9-15(22-6)10-8-14/h7-11H,12H2,1-6H3. The van der Waals surface area contributed by atoms with Crippen LogP contribution in [0.25, 0.3) is 0 Å². The quantitative estimate of drug-likeness (QED) is 0.809. The van der Waals surface area contributed by atoms with Gasteiger partial charge in [-0.3, -0.25) is 4.68 Å². The van der Waals surface area contributed by atoms with Gasteiger partial charge in [-0.1, -0.05) is 12.1 Å². The highest BCUT2D eigenvalue weighted by Crippen LogP contribution is 2.36. The van der Waals surface area contributed by atoms with Crippen molar-refractivity contribution in [1.29, 1.82) is 0 Å². The van der Waals surface area contributed by atoms with E-state index in [1.165, 1.54) is 5.56 Å². The first-order chi connectivity index (χ1) is 11.2. The molecule has 0 spiro atoms. The number of hydrogen-bond acceptors (Lipinski definition) is 4. The van der Waals surface area contributed by atoms with Gasteiger partial charge in [0.1, 0.15) is 5.75 Å². The molecule has 2 aromatic rings. The molecule has 24 heavy (non-hydrogen) atoms. The summed E-state index contributed by atoms with van der Waals surface area (Å²) >= 11 is 0. The fraction of sp³-hybridized carbons (Fsp3) is 0.500. The van der Waals surface area contributed by atoms with Gasteiger partial charge in [-0.15, -0.1) is 0 Å². The third kappa shape index (κ3) is 2.96. The monoisotopic (exact) mass is 328 g/mol. The number of nitrogens with zero attached hydrogens (tertiary/aromatic N) is 2. The van der Waals surface area contributed by atoms with Gasteiger partial charge in [-0.05, 0) is 52.3 Å². The second-order valence-corrected chi connectivity index (χ2v) is 7.28. The van der Waals surface area contributed by atoms with Gasteiger partial charge in [0.25, 0.3) is 0 Å². The van der Waals surface area contributed by atoms with Crippen molar-refractivity contribution in [2.45, 2.75) is 52.4 Å². The zero-order chi connectivity index (χ0) is 17.5. The Hall–Kier alpha value is -1.79. The number of ether oxygens (including phenoxy) is 1. The van der Waals surface area contributed by atoms with E-state index in [-0.39, 0.29) is 18.3 Å². The fourth-order valence-corrected chi connectivity index (χ4v) is 2.73. The Labute approximate surface area is 144 Å². The summed E-state index contributed by atoms with van der Waals surface area (Å²) in [5, 5.41) is 4.52. The first-order valence-electron chi connectivity index (χ1n) is 8.24. The molecule has 1 fully saturated rings. The average Bonchev–Trinajstić information content (AvgIpc) is 2.97. The van der Waals surface area contributed by atoms with Crippen molar-refractivity contribution >= 4 is 12.6 Å². The van der Waals surface area contributed by atoms with Gasteiger partial charge >= 0.3 is 7.12 Å². The van der Waals surface area contributed by atoms with E-state index >= 15 is 0 Å². The molecular formula is C18H25BN2O3. The highest BCUT2D eigenvalue weighted by Gasteiger charge is 2.52. The lowest BCUT2D eigenvalue weighted by Crippen LogP contribution is -2.41. The Morgan fingerprint density at radius 3 is 2.21 bits per heavy atom. The molecule has 6 heteroatoms. The van der Waals surface area contributed by atoms with Crippen LogP contribution in [0, 0.1) is 6.92 Å². The summed E-state index contributed by atoms with van der Waals surface area (Å²) in [4.78, 5) is 0. The van der Waals surface area contributed by atoms with Gasteiger partial charge in [0.05, 0.1) is 24.9 Å². The molecule has 1 aliphatic rings. The molecule has 0 atom stereocenters. The zero-order valence-corrected chi connectivity index (χ0v) is 15.3. The average molecular weight is 328 g/mol. The summed E-state index contributed by atoms with van der Waals surface area (Å²) in [7, 11) is 1.29. The van der Waals surface area contributed by atoms with Crippen LogP contribution in [0.3, 0.4) is 0 Å². The van der Waals surface area contributed by atoms with E-state index in [1.807, 2.05) is 23.0 Å². The Morgan fingerprint density at radius 2 is 1.67 bits per heavy atom. The molecule has 5 nitrogen and oxygen atoms in total. The van der Waals surface area contributed by atoms with Crippen molar-refractivity contribution in [1.82, 2.24) is 9.78 Å². The number of methoxy groups -OCH3 is 1. The summed E-state index contributed by atoms with van der Waals surface area (Å²) < 4.78 is 19.4. The highest BCUT2D eigenvalue weighted by atomic mass is 16.7. The van der Waals surface area contributed by atoms with Crippen LogP contribution in [0.1, 0.15) is 39.0 Å². The lowest BCUT2D eigenvalue weighted by atomic mass is 9.79. The number of rotatable bonds is 4. The van der Waals surface area contributed by atoms with Crippen LogP contribution in [0.5, 0.6) is 5.75 Å². The van der Waals surface area contributed by atoms with E-state index in [9.17, 15) is 0 Å². The van der Waals surface area contributed by atoms with Crippen molar-refractivity contribution in [3.05, 3.63) is 41.7 Å². The van der Waals surface area contributed by atoms with Crippen LogP contribution < -0.4 is 10.2 Å². The smallest absolute Gasteiger partial charge is 0.497 e. The van der Waals surface area contributed by atoms with Crippen LogP contribution >= 0.6 is 0 Å². The van der Waals surface area contributed by atoms with E-state index in [1.54, 1.807) is 7.11 Å². The molecule has 0 N–H and O–H groups in total. The maximum atomic E-state index is 6.13. The van der Waals surface area contributed by atoms with Crippen molar-refractivity contribution in [2.24, 2.45) is 0 Å². The molecule has 0 aliphatic carbocycles. The SMILES string of the molecule is COc1ccc(Cn2ncc(B3OC(C)(C)C(C)(C)O3)c2C)cc1. The second-order valence-electron chi connectivity index (χ2n) is 7.28. The molecular weight excluding hydrogens is 303 g/mol. The molecule has 0 bridgehead atoms. The van der Waals surface area contributed by atoms with Crippen LogP contribution in [0.2, 0.25) is 0 Å². The van der Waals surface area contributed by atoms with Crippen LogP contribution in [-0.4, -0.2) is 35.2 Å². The van der Waals surface area contributed by atoms with Gasteiger partial charge < -0.3 is 14.0 Å². The van der Waals surface area contributed by atoms with Gasteiger partial charge in [0, 0.05) is 17.4 Å². The van der Waals surface area contributed by atoms with Crippen molar-refractivity contribution in [2.75, 3.05) is 7.11 Å². The number of benzene rings is 1. The van der Waals surface area contributed by atoms with E-state index in [0.29, 0.717) is 6.54 Å². The molecule has 0 unspecified atom stereocenters. The Balaban J connectivity index is 1.79. The van der Waals surface area contributed by atoms with E-state index in [4.69, 9.17) is 14.0 Å². The minimum Gasteiger partial charge on any atom is -0.497 e. The van der Waals surface area contributed by atoms with E-state index in [0.717, 1.165) is 16.9 Å². The molecule has 0 radical (unpaired) electrons. The molecule has 3 rings (SSSR count). The van der Waals surface area contributed by atoms with E-state index < -0.39 is 0 Å². The maximum Gasteiger partial charge on any atom is 0.498 e. The summed E-state index contributed by atoms with van der Waals surface area (Å²) in [6.07, 6.45) is 1.85. The molecule has 2 heterocycles. The maximum absolute atomic E-state index is 6.13. The summed E-state index contributed by atoms with van der Waals surface area (Å²) in [5.74, 6) is 0.855. The van der Waals surface area contributed by atoms with Gasteiger partial charge in [0.2, 0.25) is 0 Å². The van der Waals surface area contributed by atoms with Crippen LogP contribution in [0.15, 0.2) is 30.5 Å². The van der Waals surface area contributed by atoms with Crippen molar-refractivity contribution < 1.29 is 14.0 Å². The summed E-state index contributed by atoms with van der Waals surface area (Å²) in [6, 6.07) is 8.02. The van der Waals surface area contributed by atoms with Crippen LogP contribution in [-0.2, 0) is 15.9 Å². The van der Waals surface area contributed by atoms with Crippen molar-refractivity contribution in [3.8, 4) is 5.75 Å².